The molecular weight excluding hydrogens is 190 g/mol. The van der Waals surface area contributed by atoms with Gasteiger partial charge in [0.25, 0.3) is 0 Å². The molecule has 2 aliphatic rings. The first-order chi connectivity index (χ1) is 7.45. The Morgan fingerprint density at radius 3 is 2.87 bits per heavy atom. The lowest BCUT2D eigenvalue weighted by atomic mass is 10.2. The standard InChI is InChI=1S/C12H23NO2/c1-2-12(15-8-1)5-6-13-7-9-14-10-11-3-4-11/h11-13H,1-10H2. The summed E-state index contributed by atoms with van der Waals surface area (Å²) in [7, 11) is 0. The smallest absolute Gasteiger partial charge is 0.0591 e. The van der Waals surface area contributed by atoms with Crippen molar-refractivity contribution in [2.45, 2.75) is 38.2 Å². The molecular formula is C12H23NO2. The van der Waals surface area contributed by atoms with E-state index in [1.54, 1.807) is 0 Å². The fourth-order valence-electron chi connectivity index (χ4n) is 1.94. The Morgan fingerprint density at radius 2 is 2.13 bits per heavy atom. The third-order valence-electron chi connectivity index (χ3n) is 3.14. The van der Waals surface area contributed by atoms with Crippen molar-refractivity contribution < 1.29 is 9.47 Å². The third kappa shape index (κ3) is 4.96. The SMILES string of the molecule is C1COC(CCNCCOCC2CC2)C1. The molecule has 3 nitrogen and oxygen atoms in total. The second-order valence-electron chi connectivity index (χ2n) is 4.69. The molecule has 3 heteroatoms. The molecule has 0 spiro atoms. The highest BCUT2D eigenvalue weighted by molar-refractivity contribution is 4.72. The molecule has 0 aromatic heterocycles. The minimum atomic E-state index is 0.518. The summed E-state index contributed by atoms with van der Waals surface area (Å²) in [6.07, 6.45) is 6.93. The van der Waals surface area contributed by atoms with Crippen LogP contribution < -0.4 is 5.32 Å². The molecule has 15 heavy (non-hydrogen) atoms. The summed E-state index contributed by atoms with van der Waals surface area (Å²) in [6.45, 7) is 4.86. The van der Waals surface area contributed by atoms with Crippen molar-refractivity contribution in [3.05, 3.63) is 0 Å². The Balaban J connectivity index is 1.32. The molecule has 1 aliphatic carbocycles. The van der Waals surface area contributed by atoms with Gasteiger partial charge in [-0.25, -0.2) is 0 Å². The Bertz CT molecular complexity index is 165. The van der Waals surface area contributed by atoms with E-state index in [4.69, 9.17) is 9.47 Å². The van der Waals surface area contributed by atoms with Crippen LogP contribution in [0.4, 0.5) is 0 Å². The van der Waals surface area contributed by atoms with Crippen molar-refractivity contribution in [2.24, 2.45) is 5.92 Å². The first-order valence-corrected chi connectivity index (χ1v) is 6.35. The summed E-state index contributed by atoms with van der Waals surface area (Å²) in [4.78, 5) is 0. The number of ether oxygens (including phenoxy) is 2. The predicted octanol–water partition coefficient (Wildman–Crippen LogP) is 1.57. The molecule has 1 N–H and O–H groups in total. The molecule has 1 saturated carbocycles. The van der Waals surface area contributed by atoms with Gasteiger partial charge in [0.1, 0.15) is 0 Å². The normalized spacial score (nSPS) is 26.0. The van der Waals surface area contributed by atoms with E-state index in [0.717, 1.165) is 45.2 Å². The van der Waals surface area contributed by atoms with Gasteiger partial charge >= 0.3 is 0 Å². The lowest BCUT2D eigenvalue weighted by Crippen LogP contribution is -2.24. The fraction of sp³-hybridized carbons (Fsp3) is 1.00. The van der Waals surface area contributed by atoms with Gasteiger partial charge in [-0.05, 0) is 44.6 Å². The van der Waals surface area contributed by atoms with E-state index in [0.29, 0.717) is 6.10 Å². The van der Waals surface area contributed by atoms with Gasteiger partial charge < -0.3 is 14.8 Å². The Morgan fingerprint density at radius 1 is 1.20 bits per heavy atom. The Labute approximate surface area is 92.5 Å². The quantitative estimate of drug-likeness (QED) is 0.621. The van der Waals surface area contributed by atoms with Gasteiger partial charge in [-0.15, -0.1) is 0 Å². The summed E-state index contributed by atoms with van der Waals surface area (Å²) in [5, 5.41) is 3.40. The monoisotopic (exact) mass is 213 g/mol. The number of hydrogen-bond donors (Lipinski definition) is 1. The lowest BCUT2D eigenvalue weighted by molar-refractivity contribution is 0.101. The molecule has 1 atom stereocenters. The van der Waals surface area contributed by atoms with Gasteiger partial charge in [0, 0.05) is 19.8 Å². The van der Waals surface area contributed by atoms with Crippen LogP contribution >= 0.6 is 0 Å². The highest BCUT2D eigenvalue weighted by Gasteiger charge is 2.20. The third-order valence-corrected chi connectivity index (χ3v) is 3.14. The molecule has 0 amide bonds. The predicted molar refractivity (Wildman–Crippen MR) is 60.0 cm³/mol. The summed E-state index contributed by atoms with van der Waals surface area (Å²) < 4.78 is 11.1. The molecule has 1 unspecified atom stereocenters. The maximum absolute atomic E-state index is 5.55. The molecule has 0 aromatic rings. The van der Waals surface area contributed by atoms with E-state index in [2.05, 4.69) is 5.32 Å². The van der Waals surface area contributed by atoms with Gasteiger partial charge in [-0.1, -0.05) is 0 Å². The van der Waals surface area contributed by atoms with Crippen LogP contribution in [-0.2, 0) is 9.47 Å². The second-order valence-corrected chi connectivity index (χ2v) is 4.69. The van der Waals surface area contributed by atoms with Crippen LogP contribution in [0, 0.1) is 5.92 Å². The van der Waals surface area contributed by atoms with Crippen molar-refractivity contribution in [2.75, 3.05) is 32.9 Å². The van der Waals surface area contributed by atoms with E-state index in [-0.39, 0.29) is 0 Å². The average molecular weight is 213 g/mol. The zero-order valence-corrected chi connectivity index (χ0v) is 9.54. The minimum Gasteiger partial charge on any atom is -0.380 e. The number of hydrogen-bond acceptors (Lipinski definition) is 3. The van der Waals surface area contributed by atoms with Crippen molar-refractivity contribution in [3.63, 3.8) is 0 Å². The van der Waals surface area contributed by atoms with Crippen molar-refractivity contribution in [1.82, 2.24) is 5.32 Å². The Hall–Kier alpha value is -0.120. The van der Waals surface area contributed by atoms with Crippen molar-refractivity contribution in [1.29, 1.82) is 0 Å². The number of nitrogens with one attached hydrogen (secondary N) is 1. The minimum absolute atomic E-state index is 0.518. The largest absolute Gasteiger partial charge is 0.380 e. The second kappa shape index (κ2) is 6.46. The van der Waals surface area contributed by atoms with E-state index in [9.17, 15) is 0 Å². The van der Waals surface area contributed by atoms with Gasteiger partial charge in [-0.3, -0.25) is 0 Å². The zero-order chi connectivity index (χ0) is 10.3. The molecule has 2 rings (SSSR count). The summed E-state index contributed by atoms with van der Waals surface area (Å²) >= 11 is 0. The number of rotatable bonds is 8. The van der Waals surface area contributed by atoms with Gasteiger partial charge in [0.05, 0.1) is 12.7 Å². The van der Waals surface area contributed by atoms with Crippen LogP contribution in [0.2, 0.25) is 0 Å². The molecule has 0 radical (unpaired) electrons. The summed E-state index contributed by atoms with van der Waals surface area (Å²) in [5.41, 5.74) is 0. The van der Waals surface area contributed by atoms with Crippen LogP contribution in [0.5, 0.6) is 0 Å². The summed E-state index contributed by atoms with van der Waals surface area (Å²) in [5.74, 6) is 0.886. The molecule has 1 saturated heterocycles. The molecule has 0 aromatic carbocycles. The van der Waals surface area contributed by atoms with E-state index in [1.165, 1.54) is 25.7 Å². The molecule has 1 heterocycles. The summed E-state index contributed by atoms with van der Waals surface area (Å²) in [6, 6.07) is 0. The van der Waals surface area contributed by atoms with Crippen LogP contribution in [0.15, 0.2) is 0 Å². The fourth-order valence-corrected chi connectivity index (χ4v) is 1.94. The zero-order valence-electron chi connectivity index (χ0n) is 9.54. The van der Waals surface area contributed by atoms with Crippen molar-refractivity contribution in [3.8, 4) is 0 Å². The van der Waals surface area contributed by atoms with Crippen molar-refractivity contribution >= 4 is 0 Å². The van der Waals surface area contributed by atoms with Crippen LogP contribution in [0.1, 0.15) is 32.1 Å². The van der Waals surface area contributed by atoms with E-state index >= 15 is 0 Å². The molecule has 1 aliphatic heterocycles. The Kier molecular flexibility index (Phi) is 4.90. The molecule has 0 bridgehead atoms. The molecule has 2 fully saturated rings. The highest BCUT2D eigenvalue weighted by atomic mass is 16.5. The van der Waals surface area contributed by atoms with Gasteiger partial charge in [-0.2, -0.15) is 0 Å². The van der Waals surface area contributed by atoms with E-state index < -0.39 is 0 Å². The van der Waals surface area contributed by atoms with Crippen LogP contribution in [0.3, 0.4) is 0 Å². The van der Waals surface area contributed by atoms with E-state index in [1.807, 2.05) is 0 Å². The maximum Gasteiger partial charge on any atom is 0.0591 e. The topological polar surface area (TPSA) is 30.5 Å². The lowest BCUT2D eigenvalue weighted by Gasteiger charge is -2.10. The maximum atomic E-state index is 5.55. The first-order valence-electron chi connectivity index (χ1n) is 6.35. The highest BCUT2D eigenvalue weighted by Crippen LogP contribution is 2.28. The van der Waals surface area contributed by atoms with Gasteiger partial charge in [0.15, 0.2) is 0 Å². The molecule has 88 valence electrons. The van der Waals surface area contributed by atoms with Crippen LogP contribution in [0.25, 0.3) is 0 Å². The van der Waals surface area contributed by atoms with Gasteiger partial charge in [0.2, 0.25) is 0 Å². The first kappa shape index (κ1) is 11.4. The van der Waals surface area contributed by atoms with Crippen LogP contribution in [-0.4, -0.2) is 39.0 Å². The average Bonchev–Trinajstić information content (AvgIpc) is 2.92.